The number of fused-ring (bicyclic) bond motifs is 1. The number of pyridine rings is 1. The molecule has 0 saturated heterocycles. The molecule has 0 aliphatic carbocycles. The van der Waals surface area contributed by atoms with Crippen LogP contribution in [0, 0.1) is 0 Å². The van der Waals surface area contributed by atoms with E-state index in [9.17, 15) is 9.59 Å². The number of carbonyl (C=O) groups is 1. The van der Waals surface area contributed by atoms with Crippen LogP contribution in [0.3, 0.4) is 0 Å². The predicted octanol–water partition coefficient (Wildman–Crippen LogP) is 4.86. The van der Waals surface area contributed by atoms with Gasteiger partial charge < -0.3 is 10.1 Å². The largest absolute Gasteiger partial charge is 0.465 e. The maximum Gasteiger partial charge on any atom is 0.410 e. The van der Waals surface area contributed by atoms with E-state index in [0.717, 1.165) is 0 Å². The van der Waals surface area contributed by atoms with Crippen molar-refractivity contribution in [2.75, 3.05) is 5.32 Å². The lowest BCUT2D eigenvalue weighted by atomic mass is 10.1. The van der Waals surface area contributed by atoms with Crippen LogP contribution in [0.5, 0.6) is 0 Å². The van der Waals surface area contributed by atoms with E-state index >= 15 is 0 Å². The van der Waals surface area contributed by atoms with Crippen LogP contribution < -0.4 is 10.9 Å². The predicted molar refractivity (Wildman–Crippen MR) is 144 cm³/mol. The molecule has 1 aliphatic rings. The molecule has 1 aromatic carbocycles. The van der Waals surface area contributed by atoms with Gasteiger partial charge in [-0.05, 0) is 36.8 Å². The highest BCUT2D eigenvalue weighted by atomic mass is 35.5. The molecule has 4 aromatic heterocycles. The van der Waals surface area contributed by atoms with E-state index in [1.165, 1.54) is 23.0 Å². The minimum atomic E-state index is -1.21. The Morgan fingerprint density at radius 1 is 1.13 bits per heavy atom. The molecule has 0 bridgehead atoms. The van der Waals surface area contributed by atoms with Crippen molar-refractivity contribution in [3.63, 3.8) is 0 Å². The first-order chi connectivity index (χ1) is 18.8. The van der Waals surface area contributed by atoms with E-state index < -0.39 is 12.1 Å². The van der Waals surface area contributed by atoms with Crippen LogP contribution in [0.2, 0.25) is 15.3 Å². The van der Waals surface area contributed by atoms with Gasteiger partial charge in [0.1, 0.15) is 17.5 Å². The molecule has 3 N–H and O–H groups in total. The van der Waals surface area contributed by atoms with Gasteiger partial charge in [-0.3, -0.25) is 14.7 Å². The Hall–Kier alpha value is -4.26. The summed E-state index contributed by atoms with van der Waals surface area (Å²) in [7, 11) is 0. The molecule has 1 amide bonds. The second kappa shape index (κ2) is 9.80. The molecule has 0 spiro atoms. The Labute approximate surface area is 234 Å². The normalized spacial score (nSPS) is 14.4. The van der Waals surface area contributed by atoms with Crippen molar-refractivity contribution in [3.05, 3.63) is 86.1 Å². The molecule has 0 radical (unpaired) electrons. The summed E-state index contributed by atoms with van der Waals surface area (Å²) in [5, 5.41) is 19.8. The average molecular weight is 585 g/mol. The summed E-state index contributed by atoms with van der Waals surface area (Å²) in [6, 6.07) is 9.38. The molecule has 0 fully saturated rings. The molecule has 5 aromatic rings. The summed E-state index contributed by atoms with van der Waals surface area (Å²) in [5.74, 6) is 1.26. The summed E-state index contributed by atoms with van der Waals surface area (Å²) < 4.78 is 3.09. The van der Waals surface area contributed by atoms with Crippen molar-refractivity contribution in [3.8, 4) is 28.2 Å². The number of halogens is 3. The highest BCUT2D eigenvalue weighted by Gasteiger charge is 2.30. The maximum absolute atomic E-state index is 13.4. The van der Waals surface area contributed by atoms with Gasteiger partial charge in [0.15, 0.2) is 10.3 Å². The second-order valence-corrected chi connectivity index (χ2v) is 9.80. The van der Waals surface area contributed by atoms with Crippen molar-refractivity contribution in [1.82, 2.24) is 39.5 Å². The van der Waals surface area contributed by atoms with Gasteiger partial charge in [0.25, 0.3) is 5.56 Å². The zero-order valence-electron chi connectivity index (χ0n) is 19.6. The lowest BCUT2D eigenvalue weighted by molar-refractivity contribution is 0.209. The van der Waals surface area contributed by atoms with Crippen LogP contribution in [0.15, 0.2) is 53.6 Å². The first kappa shape index (κ1) is 25.0. The van der Waals surface area contributed by atoms with Crippen molar-refractivity contribution in [2.24, 2.45) is 0 Å². The second-order valence-electron chi connectivity index (χ2n) is 8.62. The fourth-order valence-corrected chi connectivity index (χ4v) is 5.10. The van der Waals surface area contributed by atoms with E-state index in [1.54, 1.807) is 35.0 Å². The fraction of sp³-hybridized carbons (Fsp3) is 0.125. The summed E-state index contributed by atoms with van der Waals surface area (Å²) in [6.45, 7) is 0. The minimum absolute atomic E-state index is 0.176. The first-order valence-corrected chi connectivity index (χ1v) is 12.6. The van der Waals surface area contributed by atoms with Crippen molar-refractivity contribution < 1.29 is 9.90 Å². The number of aromatic nitrogens is 8. The van der Waals surface area contributed by atoms with Crippen LogP contribution in [0.25, 0.3) is 28.2 Å². The number of hydrogen-bond donors (Lipinski definition) is 3. The molecule has 15 heteroatoms. The van der Waals surface area contributed by atoms with Crippen molar-refractivity contribution in [1.29, 1.82) is 0 Å². The van der Waals surface area contributed by atoms with Crippen LogP contribution in [-0.2, 0) is 6.42 Å². The highest BCUT2D eigenvalue weighted by Crippen LogP contribution is 2.34. The first-order valence-electron chi connectivity index (χ1n) is 11.5. The maximum atomic E-state index is 13.4. The van der Waals surface area contributed by atoms with Crippen LogP contribution in [-0.4, -0.2) is 50.7 Å². The monoisotopic (exact) mass is 583 g/mol. The smallest absolute Gasteiger partial charge is 0.410 e. The number of anilines is 1. The fourth-order valence-electron chi connectivity index (χ4n) is 4.56. The third-order valence-corrected chi connectivity index (χ3v) is 6.89. The molecule has 196 valence electrons. The summed E-state index contributed by atoms with van der Waals surface area (Å²) in [6.07, 6.45) is 2.92. The third kappa shape index (κ3) is 4.73. The molecule has 0 unspecified atom stereocenters. The Bertz CT molecular complexity index is 1800. The Kier molecular flexibility index (Phi) is 6.29. The number of amides is 1. The number of nitrogens with zero attached hydrogens (tertiary/aromatic N) is 7. The zero-order valence-corrected chi connectivity index (χ0v) is 21.9. The van der Waals surface area contributed by atoms with Gasteiger partial charge in [0.05, 0.1) is 29.3 Å². The van der Waals surface area contributed by atoms with E-state index in [0.29, 0.717) is 57.7 Å². The quantitative estimate of drug-likeness (QED) is 0.264. The standard InChI is InChI=1S/C24H16Cl3N9O3/c25-12-2-3-15(35-10-17(26)33-34-35)13(7-12)14-8-20(37)36-16(4-6-19(36)29-14)23-31-21(22(27)32-23)11-1-5-18(28-9-11)30-24(38)39/h1-3,5,7-10,16H,4,6H2,(H,28,30)(H,31,32)(H,38,39)/t16-/m0/s1. The van der Waals surface area contributed by atoms with E-state index in [4.69, 9.17) is 44.9 Å². The number of imidazole rings is 1. The minimum Gasteiger partial charge on any atom is -0.465 e. The van der Waals surface area contributed by atoms with Gasteiger partial charge in [0, 0.05) is 34.8 Å². The number of benzene rings is 1. The number of H-pyrrole nitrogens is 1. The average Bonchev–Trinajstić information content (AvgIpc) is 3.62. The third-order valence-electron chi connectivity index (χ3n) is 6.21. The Balaban J connectivity index is 1.35. The lowest BCUT2D eigenvalue weighted by Gasteiger charge is -2.14. The summed E-state index contributed by atoms with van der Waals surface area (Å²) >= 11 is 18.7. The molecule has 0 saturated carbocycles. The van der Waals surface area contributed by atoms with Crippen molar-refractivity contribution >= 4 is 46.7 Å². The number of aryl methyl sites for hydroxylation is 1. The molecule has 5 heterocycles. The van der Waals surface area contributed by atoms with Crippen LogP contribution in [0.1, 0.15) is 24.1 Å². The number of carboxylic acid groups (broad SMARTS) is 1. The Morgan fingerprint density at radius 3 is 2.69 bits per heavy atom. The van der Waals surface area contributed by atoms with Gasteiger partial charge in [0.2, 0.25) is 0 Å². The molecule has 1 atom stereocenters. The topological polar surface area (TPSA) is 156 Å². The van der Waals surface area contributed by atoms with Gasteiger partial charge in [-0.25, -0.2) is 24.4 Å². The summed E-state index contributed by atoms with van der Waals surface area (Å²) in [4.78, 5) is 40.8. The molecular weight excluding hydrogens is 569 g/mol. The molecule has 12 nitrogen and oxygen atoms in total. The van der Waals surface area contributed by atoms with Crippen LogP contribution >= 0.6 is 34.8 Å². The van der Waals surface area contributed by atoms with Gasteiger partial charge >= 0.3 is 6.09 Å². The van der Waals surface area contributed by atoms with Gasteiger partial charge in [-0.15, -0.1) is 5.10 Å². The molecular formula is C24H16Cl3N9O3. The van der Waals surface area contributed by atoms with E-state index in [2.05, 4.69) is 30.6 Å². The van der Waals surface area contributed by atoms with Gasteiger partial charge in [-0.2, -0.15) is 0 Å². The molecule has 1 aliphatic heterocycles. The molecule has 6 rings (SSSR count). The van der Waals surface area contributed by atoms with E-state index in [1.807, 2.05) is 0 Å². The summed E-state index contributed by atoms with van der Waals surface area (Å²) in [5.41, 5.74) is 2.50. The van der Waals surface area contributed by atoms with E-state index in [-0.39, 0.29) is 21.7 Å². The van der Waals surface area contributed by atoms with Crippen molar-refractivity contribution in [2.45, 2.75) is 18.9 Å². The lowest BCUT2D eigenvalue weighted by Crippen LogP contribution is -2.25. The molecule has 39 heavy (non-hydrogen) atoms. The van der Waals surface area contributed by atoms with Crippen LogP contribution in [0.4, 0.5) is 10.6 Å². The Morgan fingerprint density at radius 2 is 1.97 bits per heavy atom. The number of hydrogen-bond acceptors (Lipinski definition) is 7. The number of rotatable bonds is 5. The number of nitrogens with one attached hydrogen (secondary N) is 2. The zero-order chi connectivity index (χ0) is 27.3. The van der Waals surface area contributed by atoms with Gasteiger partial charge in [-0.1, -0.05) is 40.0 Å². The number of aromatic amines is 1. The highest BCUT2D eigenvalue weighted by molar-refractivity contribution is 6.32. The SMILES string of the molecule is O=C(O)Nc1ccc(-c2[nH]c([C@@H]3CCc4nc(-c5cc(Cl)ccc5-n5cc(Cl)nn5)cc(=O)n43)nc2Cl)cn1.